The maximum absolute atomic E-state index is 13.9. The molecule has 52 heavy (non-hydrogen) atoms. The molecule has 3 aliphatic rings. The minimum Gasteiger partial charge on any atom is -0.482 e. The quantitative estimate of drug-likeness (QED) is 0.0529. The molecule has 4 rings (SSSR count). The Hall–Kier alpha value is -2.79. The van der Waals surface area contributed by atoms with Crippen LogP contribution in [0, 0.1) is 35.5 Å². The number of unbranched alkanes of at least 4 members (excludes halogenated alkanes) is 5. The molecule has 0 radical (unpaired) electrons. The van der Waals surface area contributed by atoms with Gasteiger partial charge in [0.1, 0.15) is 17.9 Å². The third kappa shape index (κ3) is 12.1. The van der Waals surface area contributed by atoms with E-state index in [9.17, 15) is 19.2 Å². The summed E-state index contributed by atoms with van der Waals surface area (Å²) in [7, 11) is 0. The Labute approximate surface area is 316 Å². The van der Waals surface area contributed by atoms with Crippen LogP contribution in [0.1, 0.15) is 121 Å². The number of carbonyl (C=O) groups is 4. The number of carboxylic acid groups (broad SMARTS) is 1. The molecule has 3 aliphatic carbocycles. The molecule has 0 saturated heterocycles. The van der Waals surface area contributed by atoms with Crippen LogP contribution in [0.4, 0.5) is 0 Å². The molecule has 1 aromatic carbocycles. The predicted octanol–water partition coefficient (Wildman–Crippen LogP) is 6.27. The molecule has 2 amide bonds. The van der Waals surface area contributed by atoms with E-state index in [2.05, 4.69) is 43.2 Å². The number of thiol groups is 1. The highest BCUT2D eigenvalue weighted by Crippen LogP contribution is 2.51. The molecule has 2 saturated carbocycles. The van der Waals surface area contributed by atoms with E-state index >= 15 is 0 Å². The highest BCUT2D eigenvalue weighted by molar-refractivity contribution is 7.80. The van der Waals surface area contributed by atoms with E-state index in [1.807, 2.05) is 12.1 Å². The van der Waals surface area contributed by atoms with Crippen molar-refractivity contribution >= 4 is 36.4 Å². The smallest absolute Gasteiger partial charge is 0.341 e. The van der Waals surface area contributed by atoms with Crippen LogP contribution in [0.2, 0.25) is 0 Å². The molecule has 0 bridgehead atoms. The summed E-state index contributed by atoms with van der Waals surface area (Å²) in [6, 6.07) is 5.17. The lowest BCUT2D eigenvalue weighted by molar-refractivity contribution is -0.161. The number of hydrogen-bond donors (Lipinski definition) is 5. The lowest BCUT2D eigenvalue weighted by Crippen LogP contribution is -2.53. The van der Waals surface area contributed by atoms with Crippen LogP contribution in [-0.2, 0) is 36.8 Å². The van der Waals surface area contributed by atoms with Gasteiger partial charge >= 0.3 is 11.9 Å². The van der Waals surface area contributed by atoms with Gasteiger partial charge in [0.2, 0.25) is 11.8 Å². The van der Waals surface area contributed by atoms with E-state index in [4.69, 9.17) is 20.3 Å². The van der Waals surface area contributed by atoms with Gasteiger partial charge in [0.05, 0.1) is 11.8 Å². The predicted molar refractivity (Wildman–Crippen MR) is 206 cm³/mol. The first kappa shape index (κ1) is 42.0. The van der Waals surface area contributed by atoms with Crippen molar-refractivity contribution in [3.63, 3.8) is 0 Å². The second-order valence-electron chi connectivity index (χ2n) is 15.6. The SMILES string of the molecule is CCCCC[C@@H](CC[C@@H]1[C@H]2Cc3cccc(OCC(=O)O)c3C[C@H]2C[C@H]1C)OC(=O)[C@@H]1CCCC[C@@H]1C(=O)NC(CN)C(=O)NCCCCCCS. The lowest BCUT2D eigenvalue weighted by Gasteiger charge is -2.34. The van der Waals surface area contributed by atoms with Gasteiger partial charge in [0, 0.05) is 13.1 Å². The third-order valence-electron chi connectivity index (χ3n) is 12.0. The van der Waals surface area contributed by atoms with E-state index in [0.717, 1.165) is 108 Å². The summed E-state index contributed by atoms with van der Waals surface area (Å²) in [4.78, 5) is 51.5. The summed E-state index contributed by atoms with van der Waals surface area (Å²) in [6.07, 6.45) is 15.4. The number of fused-ring (bicyclic) bond motifs is 2. The molecule has 0 spiro atoms. The number of nitrogens with one attached hydrogen (secondary N) is 2. The topological polar surface area (TPSA) is 157 Å². The fourth-order valence-electron chi connectivity index (χ4n) is 9.15. The minimum absolute atomic E-state index is 0.00868. The number of hydrogen-bond acceptors (Lipinski definition) is 8. The van der Waals surface area contributed by atoms with Crippen molar-refractivity contribution < 1.29 is 33.8 Å². The van der Waals surface area contributed by atoms with Gasteiger partial charge in [0.15, 0.2) is 6.61 Å². The third-order valence-corrected chi connectivity index (χ3v) is 12.3. The van der Waals surface area contributed by atoms with E-state index in [1.54, 1.807) is 0 Å². The fraction of sp³-hybridized carbons (Fsp3) is 0.756. The van der Waals surface area contributed by atoms with Crippen molar-refractivity contribution in [3.8, 4) is 5.75 Å². The number of nitrogens with two attached hydrogens (primary N) is 1. The summed E-state index contributed by atoms with van der Waals surface area (Å²) in [5.41, 5.74) is 8.34. The van der Waals surface area contributed by atoms with Crippen LogP contribution in [0.3, 0.4) is 0 Å². The van der Waals surface area contributed by atoms with Crippen LogP contribution in [0.5, 0.6) is 5.75 Å². The number of amides is 2. The van der Waals surface area contributed by atoms with Crippen molar-refractivity contribution in [1.82, 2.24) is 10.6 Å². The Bertz CT molecular complexity index is 1310. The highest BCUT2D eigenvalue weighted by atomic mass is 32.1. The Balaban J connectivity index is 1.35. The Kier molecular flexibility index (Phi) is 17.6. The van der Waals surface area contributed by atoms with Crippen LogP contribution in [0.15, 0.2) is 18.2 Å². The first-order chi connectivity index (χ1) is 25.2. The van der Waals surface area contributed by atoms with E-state index < -0.39 is 23.8 Å². The molecule has 10 nitrogen and oxygen atoms in total. The fourth-order valence-corrected chi connectivity index (χ4v) is 9.37. The molecule has 0 heterocycles. The maximum atomic E-state index is 13.9. The maximum Gasteiger partial charge on any atom is 0.341 e. The average molecular weight is 744 g/mol. The number of benzene rings is 1. The monoisotopic (exact) mass is 743 g/mol. The van der Waals surface area contributed by atoms with Crippen molar-refractivity contribution in [3.05, 3.63) is 29.3 Å². The molecule has 292 valence electrons. The molecule has 1 unspecified atom stereocenters. The van der Waals surface area contributed by atoms with Crippen LogP contribution >= 0.6 is 12.6 Å². The van der Waals surface area contributed by atoms with Gasteiger partial charge in [-0.05, 0) is 117 Å². The Morgan fingerprint density at radius 1 is 1.00 bits per heavy atom. The zero-order valence-electron chi connectivity index (χ0n) is 31.6. The van der Waals surface area contributed by atoms with Crippen LogP contribution in [0.25, 0.3) is 0 Å². The Morgan fingerprint density at radius 2 is 1.77 bits per heavy atom. The number of carboxylic acids is 1. The van der Waals surface area contributed by atoms with Gasteiger partial charge in [-0.1, -0.05) is 64.5 Å². The average Bonchev–Trinajstić information content (AvgIpc) is 3.45. The number of esters is 1. The lowest BCUT2D eigenvalue weighted by atomic mass is 9.73. The largest absolute Gasteiger partial charge is 0.482 e. The summed E-state index contributed by atoms with van der Waals surface area (Å²) in [5, 5.41) is 14.9. The van der Waals surface area contributed by atoms with Gasteiger partial charge in [-0.25, -0.2) is 4.79 Å². The van der Waals surface area contributed by atoms with Crippen molar-refractivity contribution in [2.75, 3.05) is 25.4 Å². The molecular weight excluding hydrogens is 679 g/mol. The molecule has 0 aliphatic heterocycles. The second-order valence-corrected chi connectivity index (χ2v) is 16.1. The molecule has 0 aromatic heterocycles. The molecule has 5 N–H and O–H groups in total. The van der Waals surface area contributed by atoms with Gasteiger partial charge in [-0.3, -0.25) is 14.4 Å². The van der Waals surface area contributed by atoms with Crippen molar-refractivity contribution in [1.29, 1.82) is 0 Å². The standard InChI is InChI=1S/C41H65N3O7S/c1-3-4-7-14-30(18-19-31-27(2)22-29-24-35-28(23-34(29)31)13-12-17-37(35)50-26-38(45)46)51-41(49)33-16-9-8-15-32(33)39(47)44-36(25-42)40(48)43-20-10-5-6-11-21-52/h12-13,17,27,29-34,36,52H,3-11,14-16,18-26,42H2,1-2H3,(H,43,48)(H,44,47)(H,45,46)/t27-,29-,30+,31+,32+,33-,34+,36?/m1/s1. The zero-order chi connectivity index (χ0) is 37.5. The van der Waals surface area contributed by atoms with E-state index in [1.165, 1.54) is 5.56 Å². The summed E-state index contributed by atoms with van der Waals surface area (Å²) in [5.74, 6) is 0.752. The Morgan fingerprint density at radius 3 is 2.50 bits per heavy atom. The molecule has 8 atom stereocenters. The van der Waals surface area contributed by atoms with Crippen molar-refractivity contribution in [2.24, 2.45) is 41.2 Å². The number of aliphatic carboxylic acids is 1. The molecule has 1 aromatic rings. The zero-order valence-corrected chi connectivity index (χ0v) is 32.5. The van der Waals surface area contributed by atoms with Crippen LogP contribution < -0.4 is 21.1 Å². The van der Waals surface area contributed by atoms with Gasteiger partial charge < -0.3 is 30.9 Å². The van der Waals surface area contributed by atoms with Crippen molar-refractivity contribution in [2.45, 2.75) is 135 Å². The second kappa shape index (κ2) is 21.8. The number of carbonyl (C=O) groups excluding carboxylic acids is 3. The van der Waals surface area contributed by atoms with Gasteiger partial charge in [-0.15, -0.1) is 0 Å². The summed E-state index contributed by atoms with van der Waals surface area (Å²) >= 11 is 4.24. The van der Waals surface area contributed by atoms with Gasteiger partial charge in [0.25, 0.3) is 0 Å². The van der Waals surface area contributed by atoms with E-state index in [-0.39, 0.29) is 37.0 Å². The first-order valence-electron chi connectivity index (χ1n) is 20.2. The van der Waals surface area contributed by atoms with Crippen LogP contribution in [-0.4, -0.2) is 66.5 Å². The highest BCUT2D eigenvalue weighted by Gasteiger charge is 2.44. The van der Waals surface area contributed by atoms with E-state index in [0.29, 0.717) is 48.8 Å². The summed E-state index contributed by atoms with van der Waals surface area (Å²) in [6.45, 7) is 4.71. The minimum atomic E-state index is -0.973. The normalized spacial score (nSPS) is 24.9. The van der Waals surface area contributed by atoms with Gasteiger partial charge in [-0.2, -0.15) is 12.6 Å². The molecule has 2 fully saturated rings. The number of rotatable bonds is 22. The molecular formula is C41H65N3O7S. The first-order valence-corrected chi connectivity index (χ1v) is 20.8. The summed E-state index contributed by atoms with van der Waals surface area (Å²) < 4.78 is 12.0. The number of ether oxygens (including phenoxy) is 2. The molecule has 11 heteroatoms.